The van der Waals surface area contributed by atoms with E-state index in [2.05, 4.69) is 5.32 Å². The molecule has 0 aliphatic rings. The molecule has 0 saturated heterocycles. The molecule has 2 aromatic rings. The van der Waals surface area contributed by atoms with Gasteiger partial charge in [0.25, 0.3) is 5.91 Å². The van der Waals surface area contributed by atoms with Crippen molar-refractivity contribution in [1.29, 1.82) is 0 Å². The van der Waals surface area contributed by atoms with E-state index in [1.165, 1.54) is 11.6 Å². The third-order valence-electron chi connectivity index (χ3n) is 3.20. The van der Waals surface area contributed by atoms with E-state index >= 15 is 0 Å². The molecule has 2 aromatic carbocycles. The number of rotatable bonds is 5. The molecule has 0 heterocycles. The molecule has 0 bridgehead atoms. The second-order valence-electron chi connectivity index (χ2n) is 4.90. The van der Waals surface area contributed by atoms with Gasteiger partial charge in [0, 0.05) is 17.9 Å². The first-order chi connectivity index (χ1) is 10.1. The van der Waals surface area contributed by atoms with Crippen molar-refractivity contribution in [2.75, 3.05) is 6.26 Å². The van der Waals surface area contributed by atoms with Crippen LogP contribution >= 0.6 is 11.8 Å². The summed E-state index contributed by atoms with van der Waals surface area (Å²) in [7, 11) is 0. The highest BCUT2D eigenvalue weighted by atomic mass is 32.2. The number of hydrogen-bond acceptors (Lipinski definition) is 2. The van der Waals surface area contributed by atoms with Crippen LogP contribution in [0.5, 0.6) is 0 Å². The minimum absolute atomic E-state index is 0.118. The van der Waals surface area contributed by atoms with Gasteiger partial charge in [-0.3, -0.25) is 4.79 Å². The molecule has 0 aliphatic heterocycles. The number of nitrogens with one attached hydrogen (secondary N) is 1. The first kappa shape index (κ1) is 15.6. The van der Waals surface area contributed by atoms with Gasteiger partial charge >= 0.3 is 0 Å². The summed E-state index contributed by atoms with van der Waals surface area (Å²) in [5, 5.41) is 2.85. The van der Waals surface area contributed by atoms with Crippen molar-refractivity contribution in [2.45, 2.75) is 19.2 Å². The van der Waals surface area contributed by atoms with Crippen molar-refractivity contribution >= 4 is 17.7 Å². The second-order valence-corrected chi connectivity index (χ2v) is 5.76. The molecule has 110 valence electrons. The van der Waals surface area contributed by atoms with Gasteiger partial charge in [0.2, 0.25) is 0 Å². The largest absolute Gasteiger partial charge is 0.348 e. The third kappa shape index (κ3) is 4.33. The first-order valence-corrected chi connectivity index (χ1v) is 8.10. The fourth-order valence-electron chi connectivity index (χ4n) is 2.02. The van der Waals surface area contributed by atoms with Crippen LogP contribution in [0, 0.1) is 12.7 Å². The van der Waals surface area contributed by atoms with Crippen LogP contribution in [0.4, 0.5) is 4.39 Å². The molecule has 1 amide bonds. The third-order valence-corrected chi connectivity index (χ3v) is 3.82. The number of carbonyl (C=O) groups is 1. The Morgan fingerprint density at radius 1 is 1.14 bits per heavy atom. The van der Waals surface area contributed by atoms with E-state index in [9.17, 15) is 9.18 Å². The Morgan fingerprint density at radius 3 is 2.43 bits per heavy atom. The molecule has 4 heteroatoms. The van der Waals surface area contributed by atoms with E-state index in [1.54, 1.807) is 30.8 Å². The minimum atomic E-state index is -0.227. The molecular weight excluding hydrogens is 285 g/mol. The smallest absolute Gasteiger partial charge is 0.251 e. The Bertz CT molecular complexity index is 625. The Hall–Kier alpha value is -1.81. The van der Waals surface area contributed by atoms with E-state index in [1.807, 2.05) is 30.5 Å². The topological polar surface area (TPSA) is 29.1 Å². The highest BCUT2D eigenvalue weighted by Crippen LogP contribution is 2.12. The molecule has 0 spiro atoms. The molecule has 2 rings (SSSR count). The van der Waals surface area contributed by atoms with Gasteiger partial charge in [-0.2, -0.15) is 11.8 Å². The van der Waals surface area contributed by atoms with E-state index in [0.29, 0.717) is 17.7 Å². The van der Waals surface area contributed by atoms with Crippen molar-refractivity contribution in [3.63, 3.8) is 0 Å². The van der Waals surface area contributed by atoms with Crippen LogP contribution in [-0.4, -0.2) is 12.2 Å². The number of carbonyl (C=O) groups excluding carboxylic acids is 1. The normalized spacial score (nSPS) is 10.4. The second kappa shape index (κ2) is 7.27. The summed E-state index contributed by atoms with van der Waals surface area (Å²) in [6.45, 7) is 2.11. The fourth-order valence-corrected chi connectivity index (χ4v) is 2.55. The maximum atomic E-state index is 13.2. The van der Waals surface area contributed by atoms with Crippen molar-refractivity contribution < 1.29 is 9.18 Å². The molecule has 1 N–H and O–H groups in total. The number of halogens is 1. The molecular formula is C17H18FNOS. The zero-order valence-corrected chi connectivity index (χ0v) is 13.0. The lowest BCUT2D eigenvalue weighted by molar-refractivity contribution is 0.0951. The average Bonchev–Trinajstić information content (AvgIpc) is 2.49. The lowest BCUT2D eigenvalue weighted by Gasteiger charge is -2.07. The highest BCUT2D eigenvalue weighted by molar-refractivity contribution is 7.97. The van der Waals surface area contributed by atoms with Gasteiger partial charge in [-0.15, -0.1) is 0 Å². The Morgan fingerprint density at radius 2 is 1.81 bits per heavy atom. The molecule has 2 nitrogen and oxygen atoms in total. The summed E-state index contributed by atoms with van der Waals surface area (Å²) >= 11 is 1.75. The average molecular weight is 303 g/mol. The maximum absolute atomic E-state index is 13.2. The van der Waals surface area contributed by atoms with Gasteiger partial charge in [0.1, 0.15) is 5.82 Å². The summed E-state index contributed by atoms with van der Waals surface area (Å²) in [6.07, 6.45) is 2.05. The van der Waals surface area contributed by atoms with E-state index in [4.69, 9.17) is 0 Å². The molecule has 0 fully saturated rings. The molecule has 0 saturated carbocycles. The first-order valence-electron chi connectivity index (χ1n) is 6.71. The monoisotopic (exact) mass is 303 g/mol. The van der Waals surface area contributed by atoms with Crippen molar-refractivity contribution in [3.8, 4) is 0 Å². The quantitative estimate of drug-likeness (QED) is 0.907. The number of amides is 1. The molecule has 0 unspecified atom stereocenters. The highest BCUT2D eigenvalue weighted by Gasteiger charge is 2.06. The van der Waals surface area contributed by atoms with Crippen molar-refractivity contribution in [3.05, 3.63) is 70.5 Å². The number of benzene rings is 2. The summed E-state index contributed by atoms with van der Waals surface area (Å²) in [5.74, 6) is 0.596. The lowest BCUT2D eigenvalue weighted by Crippen LogP contribution is -2.22. The van der Waals surface area contributed by atoms with Crippen molar-refractivity contribution in [1.82, 2.24) is 5.32 Å². The van der Waals surface area contributed by atoms with Gasteiger partial charge in [-0.05, 0) is 48.1 Å². The Kier molecular flexibility index (Phi) is 5.39. The molecule has 0 aromatic heterocycles. The molecule has 0 atom stereocenters. The number of hydrogen-bond donors (Lipinski definition) is 1. The molecule has 0 radical (unpaired) electrons. The van der Waals surface area contributed by atoms with Gasteiger partial charge in [-0.1, -0.05) is 24.3 Å². The molecule has 0 aliphatic carbocycles. The van der Waals surface area contributed by atoms with Crippen LogP contribution in [0.3, 0.4) is 0 Å². The number of thioether (sulfide) groups is 1. The summed E-state index contributed by atoms with van der Waals surface area (Å²) < 4.78 is 13.2. The lowest BCUT2D eigenvalue weighted by atomic mass is 10.1. The van der Waals surface area contributed by atoms with E-state index in [0.717, 1.165) is 11.3 Å². The zero-order chi connectivity index (χ0) is 15.2. The standard InChI is InChI=1S/C17H18FNOS/c1-12-9-14(5-8-16(12)18)10-19-17(20)15-6-3-13(4-7-15)11-21-2/h3-9H,10-11H2,1-2H3,(H,19,20). The molecule has 21 heavy (non-hydrogen) atoms. The summed E-state index contributed by atoms with van der Waals surface area (Å²) in [5.41, 5.74) is 3.32. The number of aryl methyl sites for hydroxylation is 1. The summed E-state index contributed by atoms with van der Waals surface area (Å²) in [6, 6.07) is 12.4. The van der Waals surface area contributed by atoms with Crippen LogP contribution in [-0.2, 0) is 12.3 Å². The van der Waals surface area contributed by atoms with Crippen LogP contribution < -0.4 is 5.32 Å². The maximum Gasteiger partial charge on any atom is 0.251 e. The van der Waals surface area contributed by atoms with E-state index < -0.39 is 0 Å². The van der Waals surface area contributed by atoms with Crippen LogP contribution in [0.2, 0.25) is 0 Å². The van der Waals surface area contributed by atoms with Crippen LogP contribution in [0.15, 0.2) is 42.5 Å². The Balaban J connectivity index is 1.96. The summed E-state index contributed by atoms with van der Waals surface area (Å²) in [4.78, 5) is 12.0. The zero-order valence-electron chi connectivity index (χ0n) is 12.2. The van der Waals surface area contributed by atoms with Crippen LogP contribution in [0.1, 0.15) is 27.0 Å². The fraction of sp³-hybridized carbons (Fsp3) is 0.235. The van der Waals surface area contributed by atoms with Gasteiger partial charge in [0.05, 0.1) is 0 Å². The minimum Gasteiger partial charge on any atom is -0.348 e. The predicted octanol–water partition coefficient (Wildman–Crippen LogP) is 3.93. The Labute approximate surface area is 128 Å². The van der Waals surface area contributed by atoms with Gasteiger partial charge in [0.15, 0.2) is 0 Å². The van der Waals surface area contributed by atoms with Crippen LogP contribution in [0.25, 0.3) is 0 Å². The SMILES string of the molecule is CSCc1ccc(C(=O)NCc2ccc(F)c(C)c2)cc1. The van der Waals surface area contributed by atoms with Gasteiger partial charge < -0.3 is 5.32 Å². The van der Waals surface area contributed by atoms with E-state index in [-0.39, 0.29) is 11.7 Å². The van der Waals surface area contributed by atoms with Crippen molar-refractivity contribution in [2.24, 2.45) is 0 Å². The predicted molar refractivity (Wildman–Crippen MR) is 86.0 cm³/mol. The van der Waals surface area contributed by atoms with Gasteiger partial charge in [-0.25, -0.2) is 4.39 Å².